The highest BCUT2D eigenvalue weighted by atomic mass is 35.5. The Morgan fingerprint density at radius 1 is 1.43 bits per heavy atom. The van der Waals surface area contributed by atoms with Gasteiger partial charge in [-0.3, -0.25) is 4.90 Å². The van der Waals surface area contributed by atoms with Gasteiger partial charge in [-0.15, -0.1) is 0 Å². The standard InChI is InChI=1S/C19H24ClF2N5O3/c1-19(28)9-27(3-4-29-10-19)17-13-6-23-16(20)14(22)15(13)24-18(25-17)30-8-12-5-11(21)7-26(12)2/h6,11-12,28H,3-5,7-10H2,1-2H3/t11-,12+,19+/m1/s1. The third kappa shape index (κ3) is 4.41. The van der Waals surface area contributed by atoms with Crippen LogP contribution < -0.4 is 9.64 Å². The molecule has 4 rings (SSSR count). The minimum atomic E-state index is -1.12. The van der Waals surface area contributed by atoms with Crippen LogP contribution in [0.1, 0.15) is 13.3 Å². The zero-order valence-electron chi connectivity index (χ0n) is 16.8. The van der Waals surface area contributed by atoms with Crippen molar-refractivity contribution < 1.29 is 23.4 Å². The second-order valence-corrected chi connectivity index (χ2v) is 8.52. The Bertz CT molecular complexity index is 935. The van der Waals surface area contributed by atoms with Crippen molar-refractivity contribution in [2.75, 3.05) is 51.4 Å². The van der Waals surface area contributed by atoms with Crippen LogP contribution in [0.3, 0.4) is 0 Å². The van der Waals surface area contributed by atoms with Gasteiger partial charge in [-0.25, -0.2) is 13.8 Å². The summed E-state index contributed by atoms with van der Waals surface area (Å²) >= 11 is 5.86. The van der Waals surface area contributed by atoms with E-state index in [4.69, 9.17) is 21.1 Å². The van der Waals surface area contributed by atoms with Gasteiger partial charge in [0, 0.05) is 25.3 Å². The molecule has 2 saturated heterocycles. The van der Waals surface area contributed by atoms with Gasteiger partial charge in [-0.05, 0) is 20.4 Å². The molecule has 8 nitrogen and oxygen atoms in total. The smallest absolute Gasteiger partial charge is 0.319 e. The second-order valence-electron chi connectivity index (χ2n) is 8.16. The van der Waals surface area contributed by atoms with Crippen LogP contribution >= 0.6 is 11.6 Å². The van der Waals surface area contributed by atoms with Crippen LogP contribution in [0.2, 0.25) is 5.15 Å². The predicted octanol–water partition coefficient (Wildman–Crippen LogP) is 1.83. The molecule has 4 heterocycles. The fourth-order valence-corrected chi connectivity index (χ4v) is 4.00. The number of ether oxygens (including phenoxy) is 2. The van der Waals surface area contributed by atoms with Gasteiger partial charge in [0.2, 0.25) is 0 Å². The number of likely N-dealkylation sites (tertiary alicyclic amines) is 1. The molecule has 2 aliphatic heterocycles. The molecule has 3 atom stereocenters. The number of nitrogens with zero attached hydrogens (tertiary/aromatic N) is 5. The van der Waals surface area contributed by atoms with Crippen molar-refractivity contribution in [3.05, 3.63) is 17.2 Å². The summed E-state index contributed by atoms with van der Waals surface area (Å²) in [4.78, 5) is 16.2. The number of aromatic nitrogens is 3. The largest absolute Gasteiger partial charge is 0.462 e. The van der Waals surface area contributed by atoms with E-state index in [2.05, 4.69) is 15.0 Å². The third-order valence-corrected chi connectivity index (χ3v) is 5.66. The monoisotopic (exact) mass is 443 g/mol. The highest BCUT2D eigenvalue weighted by Gasteiger charge is 2.32. The Kier molecular flexibility index (Phi) is 5.93. The first-order chi connectivity index (χ1) is 14.2. The lowest BCUT2D eigenvalue weighted by atomic mass is 10.1. The summed E-state index contributed by atoms with van der Waals surface area (Å²) in [6, 6.07) is -0.167. The maximum absolute atomic E-state index is 14.7. The number of alkyl halides is 1. The first-order valence-electron chi connectivity index (χ1n) is 9.77. The predicted molar refractivity (Wildman–Crippen MR) is 107 cm³/mol. The SMILES string of the molecule is CN1C[C@H](F)C[C@H]1COc1nc(N2CCOC[C@@](C)(O)C2)c2cnc(Cl)c(F)c2n1. The number of rotatable bonds is 4. The molecule has 1 N–H and O–H groups in total. The first kappa shape index (κ1) is 21.4. The van der Waals surface area contributed by atoms with Gasteiger partial charge in [0.15, 0.2) is 11.0 Å². The molecule has 30 heavy (non-hydrogen) atoms. The summed E-state index contributed by atoms with van der Waals surface area (Å²) in [7, 11) is 1.82. The fourth-order valence-electron chi connectivity index (χ4n) is 3.87. The number of hydrogen-bond acceptors (Lipinski definition) is 8. The molecular weight excluding hydrogens is 420 g/mol. The number of aliphatic hydroxyl groups is 1. The Morgan fingerprint density at radius 3 is 2.97 bits per heavy atom. The molecule has 164 valence electrons. The molecule has 0 saturated carbocycles. The van der Waals surface area contributed by atoms with Gasteiger partial charge in [0.25, 0.3) is 0 Å². The number of pyridine rings is 1. The van der Waals surface area contributed by atoms with E-state index in [-0.39, 0.29) is 42.5 Å². The zero-order chi connectivity index (χ0) is 21.5. The average Bonchev–Trinajstić information content (AvgIpc) is 2.90. The van der Waals surface area contributed by atoms with Crippen molar-refractivity contribution in [1.29, 1.82) is 0 Å². The molecule has 0 radical (unpaired) electrons. The van der Waals surface area contributed by atoms with Crippen LogP contribution in [-0.4, -0.2) is 89.3 Å². The number of hydrogen-bond donors (Lipinski definition) is 1. The third-order valence-electron chi connectivity index (χ3n) is 5.39. The molecule has 0 amide bonds. The molecule has 2 aromatic heterocycles. The highest BCUT2D eigenvalue weighted by Crippen LogP contribution is 2.31. The summed E-state index contributed by atoms with van der Waals surface area (Å²) in [5.41, 5.74) is -1.14. The van der Waals surface area contributed by atoms with E-state index in [0.717, 1.165) is 0 Å². The van der Waals surface area contributed by atoms with Crippen LogP contribution in [0.25, 0.3) is 10.9 Å². The summed E-state index contributed by atoms with van der Waals surface area (Å²) in [5.74, 6) is -0.408. The van der Waals surface area contributed by atoms with Crippen molar-refractivity contribution in [1.82, 2.24) is 19.9 Å². The topological polar surface area (TPSA) is 83.8 Å². The number of halogens is 3. The normalized spacial score (nSPS) is 28.1. The highest BCUT2D eigenvalue weighted by molar-refractivity contribution is 6.30. The molecule has 0 unspecified atom stereocenters. The van der Waals surface area contributed by atoms with Crippen molar-refractivity contribution in [3.8, 4) is 6.01 Å². The molecule has 0 aromatic carbocycles. The summed E-state index contributed by atoms with van der Waals surface area (Å²) < 4.78 is 39.6. The van der Waals surface area contributed by atoms with Gasteiger partial charge in [0.05, 0.1) is 25.1 Å². The number of likely N-dealkylation sites (N-methyl/N-ethyl adjacent to an activating group) is 1. The minimum absolute atomic E-state index is 0.0250. The summed E-state index contributed by atoms with van der Waals surface area (Å²) in [5, 5.41) is 10.6. The van der Waals surface area contributed by atoms with E-state index in [1.54, 1.807) is 11.8 Å². The first-order valence-corrected chi connectivity index (χ1v) is 10.2. The van der Waals surface area contributed by atoms with Crippen LogP contribution in [0.15, 0.2) is 6.20 Å². The van der Waals surface area contributed by atoms with Crippen LogP contribution in [-0.2, 0) is 4.74 Å². The van der Waals surface area contributed by atoms with Crippen molar-refractivity contribution in [3.63, 3.8) is 0 Å². The molecule has 0 spiro atoms. The minimum Gasteiger partial charge on any atom is -0.462 e. The summed E-state index contributed by atoms with van der Waals surface area (Å²) in [6.07, 6.45) is 0.852. The Balaban J connectivity index is 1.70. The van der Waals surface area contributed by atoms with Crippen molar-refractivity contribution in [2.45, 2.75) is 31.2 Å². The lowest BCUT2D eigenvalue weighted by Gasteiger charge is -2.29. The van der Waals surface area contributed by atoms with Gasteiger partial charge in [0.1, 0.15) is 29.7 Å². The Hall–Kier alpha value is -1.88. The number of β-amino-alcohol motifs (C(OH)–C–C–N with tert-alkyl or cyclic N) is 1. The molecule has 0 aliphatic carbocycles. The van der Waals surface area contributed by atoms with E-state index < -0.39 is 17.6 Å². The maximum atomic E-state index is 14.7. The Labute approximate surface area is 177 Å². The molecule has 2 aromatic rings. The van der Waals surface area contributed by atoms with Gasteiger partial charge < -0.3 is 19.5 Å². The van der Waals surface area contributed by atoms with Crippen molar-refractivity contribution in [2.24, 2.45) is 0 Å². The maximum Gasteiger partial charge on any atom is 0.319 e. The molecule has 11 heteroatoms. The average molecular weight is 444 g/mol. The number of fused-ring (bicyclic) bond motifs is 1. The fraction of sp³-hybridized carbons (Fsp3) is 0.632. The van der Waals surface area contributed by atoms with Crippen LogP contribution in [0, 0.1) is 5.82 Å². The number of anilines is 1. The Morgan fingerprint density at radius 2 is 2.23 bits per heavy atom. The quantitative estimate of drug-likeness (QED) is 0.716. The van der Waals surface area contributed by atoms with E-state index in [0.29, 0.717) is 37.3 Å². The van der Waals surface area contributed by atoms with E-state index in [9.17, 15) is 13.9 Å². The van der Waals surface area contributed by atoms with E-state index >= 15 is 0 Å². The van der Waals surface area contributed by atoms with E-state index in [1.807, 2.05) is 11.9 Å². The van der Waals surface area contributed by atoms with Crippen LogP contribution in [0.4, 0.5) is 14.6 Å². The lowest BCUT2D eigenvalue weighted by molar-refractivity contribution is -0.0123. The lowest BCUT2D eigenvalue weighted by Crippen LogP contribution is -2.42. The molecule has 0 bridgehead atoms. The van der Waals surface area contributed by atoms with Gasteiger partial charge >= 0.3 is 6.01 Å². The molecular formula is C19H24ClF2N5O3. The summed E-state index contributed by atoms with van der Waals surface area (Å²) in [6.45, 7) is 3.36. The second kappa shape index (κ2) is 8.33. The van der Waals surface area contributed by atoms with Gasteiger partial charge in [-0.2, -0.15) is 9.97 Å². The zero-order valence-corrected chi connectivity index (χ0v) is 17.6. The molecule has 2 fully saturated rings. The van der Waals surface area contributed by atoms with E-state index in [1.165, 1.54) is 6.20 Å². The van der Waals surface area contributed by atoms with Crippen molar-refractivity contribution >= 4 is 28.3 Å². The van der Waals surface area contributed by atoms with Gasteiger partial charge in [-0.1, -0.05) is 11.6 Å². The molecule has 2 aliphatic rings. The van der Waals surface area contributed by atoms with Crippen LogP contribution in [0.5, 0.6) is 6.01 Å².